The van der Waals surface area contributed by atoms with Crippen molar-refractivity contribution >= 4 is 0 Å². The molecule has 3 heteroatoms. The summed E-state index contributed by atoms with van der Waals surface area (Å²) in [6.07, 6.45) is 4.35. The summed E-state index contributed by atoms with van der Waals surface area (Å²) in [7, 11) is 0. The van der Waals surface area contributed by atoms with E-state index in [0.29, 0.717) is 6.61 Å². The molecule has 1 N–H and O–H groups in total. The second-order valence-corrected chi connectivity index (χ2v) is 3.95. The predicted octanol–water partition coefficient (Wildman–Crippen LogP) is 1.33. The van der Waals surface area contributed by atoms with Crippen LogP contribution in [-0.4, -0.2) is 23.3 Å². The Morgan fingerprint density at radius 1 is 1.64 bits per heavy atom. The van der Waals surface area contributed by atoms with Gasteiger partial charge in [-0.1, -0.05) is 6.07 Å². The van der Waals surface area contributed by atoms with Gasteiger partial charge in [-0.05, 0) is 19.4 Å². The standard InChI is InChI=1S/C11H15NO2/c1-11(13,10-4-6-14-8-10)9-3-2-5-12-7-9/h2-3,5,7,10,13H,4,6,8H2,1H3. The van der Waals surface area contributed by atoms with Crippen LogP contribution < -0.4 is 0 Å². The van der Waals surface area contributed by atoms with Gasteiger partial charge in [0, 0.05) is 30.5 Å². The summed E-state index contributed by atoms with van der Waals surface area (Å²) >= 11 is 0. The van der Waals surface area contributed by atoms with Crippen molar-refractivity contribution < 1.29 is 9.84 Å². The minimum absolute atomic E-state index is 0.187. The number of aliphatic hydroxyl groups is 1. The van der Waals surface area contributed by atoms with Crippen LogP contribution in [0.25, 0.3) is 0 Å². The minimum atomic E-state index is -0.815. The molecule has 1 aliphatic rings. The van der Waals surface area contributed by atoms with Crippen LogP contribution in [0, 0.1) is 5.92 Å². The molecule has 2 heterocycles. The molecule has 0 saturated carbocycles. The van der Waals surface area contributed by atoms with Crippen LogP contribution in [0.2, 0.25) is 0 Å². The first kappa shape index (κ1) is 9.62. The van der Waals surface area contributed by atoms with E-state index in [1.54, 1.807) is 12.4 Å². The van der Waals surface area contributed by atoms with Gasteiger partial charge in [0.15, 0.2) is 0 Å². The Hall–Kier alpha value is -0.930. The molecule has 0 aliphatic carbocycles. The number of nitrogens with zero attached hydrogens (tertiary/aromatic N) is 1. The quantitative estimate of drug-likeness (QED) is 0.770. The molecule has 1 saturated heterocycles. The third kappa shape index (κ3) is 1.65. The van der Waals surface area contributed by atoms with Gasteiger partial charge in [0.1, 0.15) is 0 Å². The normalized spacial score (nSPS) is 26.0. The summed E-state index contributed by atoms with van der Waals surface area (Å²) in [5.74, 6) is 0.187. The Bertz CT molecular complexity index is 291. The van der Waals surface area contributed by atoms with Gasteiger partial charge in [0.25, 0.3) is 0 Å². The van der Waals surface area contributed by atoms with E-state index < -0.39 is 5.60 Å². The molecule has 0 bridgehead atoms. The summed E-state index contributed by atoms with van der Waals surface area (Å²) in [4.78, 5) is 4.02. The van der Waals surface area contributed by atoms with E-state index in [-0.39, 0.29) is 5.92 Å². The lowest BCUT2D eigenvalue weighted by molar-refractivity contribution is -0.00998. The molecule has 1 fully saturated rings. The molecule has 2 rings (SSSR count). The van der Waals surface area contributed by atoms with Gasteiger partial charge in [-0.3, -0.25) is 4.98 Å². The number of hydrogen-bond acceptors (Lipinski definition) is 3. The van der Waals surface area contributed by atoms with Crippen molar-refractivity contribution in [3.05, 3.63) is 30.1 Å². The summed E-state index contributed by atoms with van der Waals surface area (Å²) < 4.78 is 5.28. The van der Waals surface area contributed by atoms with E-state index in [4.69, 9.17) is 4.74 Å². The average Bonchev–Trinajstić information content (AvgIpc) is 2.72. The highest BCUT2D eigenvalue weighted by molar-refractivity contribution is 5.18. The molecule has 14 heavy (non-hydrogen) atoms. The van der Waals surface area contributed by atoms with Crippen molar-refractivity contribution in [1.29, 1.82) is 0 Å². The van der Waals surface area contributed by atoms with E-state index in [2.05, 4.69) is 4.98 Å². The van der Waals surface area contributed by atoms with Gasteiger partial charge >= 0.3 is 0 Å². The zero-order chi connectivity index (χ0) is 10.0. The summed E-state index contributed by atoms with van der Waals surface area (Å²) in [6.45, 7) is 3.23. The van der Waals surface area contributed by atoms with Crippen LogP contribution in [-0.2, 0) is 10.3 Å². The molecule has 0 radical (unpaired) electrons. The first-order chi connectivity index (χ1) is 6.71. The summed E-state index contributed by atoms with van der Waals surface area (Å²) in [5, 5.41) is 10.4. The van der Waals surface area contributed by atoms with Crippen molar-refractivity contribution in [3.63, 3.8) is 0 Å². The Morgan fingerprint density at radius 2 is 2.50 bits per heavy atom. The Kier molecular flexibility index (Phi) is 2.52. The van der Waals surface area contributed by atoms with Crippen molar-refractivity contribution in [1.82, 2.24) is 4.98 Å². The number of hydrogen-bond donors (Lipinski definition) is 1. The van der Waals surface area contributed by atoms with Gasteiger partial charge in [0.2, 0.25) is 0 Å². The van der Waals surface area contributed by atoms with Crippen LogP contribution in [0.1, 0.15) is 18.9 Å². The molecule has 2 unspecified atom stereocenters. The number of ether oxygens (including phenoxy) is 1. The Morgan fingerprint density at radius 3 is 3.07 bits per heavy atom. The fourth-order valence-electron chi connectivity index (χ4n) is 1.88. The van der Waals surface area contributed by atoms with Crippen LogP contribution in [0.4, 0.5) is 0 Å². The number of rotatable bonds is 2. The lowest BCUT2D eigenvalue weighted by Crippen LogP contribution is -2.32. The highest BCUT2D eigenvalue weighted by Crippen LogP contribution is 2.33. The third-order valence-corrected chi connectivity index (χ3v) is 2.97. The fourth-order valence-corrected chi connectivity index (χ4v) is 1.88. The van der Waals surface area contributed by atoms with Crippen molar-refractivity contribution in [2.45, 2.75) is 18.9 Å². The Balaban J connectivity index is 2.22. The number of pyridine rings is 1. The second kappa shape index (κ2) is 3.67. The largest absolute Gasteiger partial charge is 0.385 e. The van der Waals surface area contributed by atoms with E-state index >= 15 is 0 Å². The molecular formula is C11H15NO2. The average molecular weight is 193 g/mol. The van der Waals surface area contributed by atoms with Crippen LogP contribution in [0.5, 0.6) is 0 Å². The lowest BCUT2D eigenvalue weighted by Gasteiger charge is -2.29. The monoisotopic (exact) mass is 193 g/mol. The second-order valence-electron chi connectivity index (χ2n) is 3.95. The van der Waals surface area contributed by atoms with E-state index in [9.17, 15) is 5.11 Å². The molecule has 2 atom stereocenters. The maximum atomic E-state index is 10.4. The predicted molar refractivity (Wildman–Crippen MR) is 52.7 cm³/mol. The van der Waals surface area contributed by atoms with Gasteiger partial charge in [-0.25, -0.2) is 0 Å². The molecule has 1 aromatic rings. The van der Waals surface area contributed by atoms with Gasteiger partial charge in [0.05, 0.1) is 12.2 Å². The van der Waals surface area contributed by atoms with Crippen LogP contribution in [0.15, 0.2) is 24.5 Å². The highest BCUT2D eigenvalue weighted by atomic mass is 16.5. The minimum Gasteiger partial charge on any atom is -0.385 e. The smallest absolute Gasteiger partial charge is 0.0934 e. The molecule has 0 aromatic carbocycles. The summed E-state index contributed by atoms with van der Waals surface area (Å²) in [6, 6.07) is 3.75. The molecule has 1 aliphatic heterocycles. The van der Waals surface area contributed by atoms with Crippen LogP contribution in [0.3, 0.4) is 0 Å². The van der Waals surface area contributed by atoms with Crippen molar-refractivity contribution in [2.75, 3.05) is 13.2 Å². The molecule has 0 amide bonds. The van der Waals surface area contributed by atoms with E-state index in [1.807, 2.05) is 19.1 Å². The van der Waals surface area contributed by atoms with Crippen LogP contribution >= 0.6 is 0 Å². The first-order valence-corrected chi connectivity index (χ1v) is 4.92. The third-order valence-electron chi connectivity index (χ3n) is 2.97. The topological polar surface area (TPSA) is 42.4 Å². The highest BCUT2D eigenvalue weighted by Gasteiger charge is 2.36. The lowest BCUT2D eigenvalue weighted by atomic mass is 9.83. The van der Waals surface area contributed by atoms with Gasteiger partial charge in [-0.15, -0.1) is 0 Å². The number of aromatic nitrogens is 1. The van der Waals surface area contributed by atoms with Crippen molar-refractivity contribution in [2.24, 2.45) is 5.92 Å². The first-order valence-electron chi connectivity index (χ1n) is 4.92. The SMILES string of the molecule is CC(O)(c1cccnc1)C1CCOC1. The van der Waals surface area contributed by atoms with E-state index in [0.717, 1.165) is 18.6 Å². The molecular weight excluding hydrogens is 178 g/mol. The zero-order valence-corrected chi connectivity index (χ0v) is 8.31. The summed E-state index contributed by atoms with van der Waals surface area (Å²) in [5.41, 5.74) is 0.0561. The Labute approximate surface area is 83.7 Å². The zero-order valence-electron chi connectivity index (χ0n) is 8.31. The molecule has 1 aromatic heterocycles. The van der Waals surface area contributed by atoms with E-state index in [1.165, 1.54) is 0 Å². The maximum absolute atomic E-state index is 10.4. The van der Waals surface area contributed by atoms with Gasteiger partial charge < -0.3 is 9.84 Å². The molecule has 3 nitrogen and oxygen atoms in total. The molecule has 76 valence electrons. The fraction of sp³-hybridized carbons (Fsp3) is 0.545. The molecule has 0 spiro atoms. The maximum Gasteiger partial charge on any atom is 0.0934 e. The van der Waals surface area contributed by atoms with Gasteiger partial charge in [-0.2, -0.15) is 0 Å². The van der Waals surface area contributed by atoms with Crippen molar-refractivity contribution in [3.8, 4) is 0 Å².